The van der Waals surface area contributed by atoms with Crippen LogP contribution in [-0.4, -0.2) is 26.6 Å². The Morgan fingerprint density at radius 2 is 2.16 bits per heavy atom. The summed E-state index contributed by atoms with van der Waals surface area (Å²) in [6.07, 6.45) is 6.32. The van der Waals surface area contributed by atoms with E-state index >= 15 is 0 Å². The molecule has 1 aliphatic heterocycles. The molecule has 2 N–H and O–H groups in total. The lowest BCUT2D eigenvalue weighted by Gasteiger charge is -1.99. The summed E-state index contributed by atoms with van der Waals surface area (Å²) in [5, 5.41) is 4.47. The minimum absolute atomic E-state index is 0.286. The van der Waals surface area contributed by atoms with E-state index in [-0.39, 0.29) is 5.91 Å². The van der Waals surface area contributed by atoms with Crippen LogP contribution >= 0.6 is 11.6 Å². The van der Waals surface area contributed by atoms with Crippen molar-refractivity contribution in [2.45, 2.75) is 0 Å². The summed E-state index contributed by atoms with van der Waals surface area (Å²) < 4.78 is 0. The zero-order valence-electron chi connectivity index (χ0n) is 9.59. The fraction of sp³-hybridized carbons (Fsp3) is 0. The van der Waals surface area contributed by atoms with Crippen LogP contribution in [0.15, 0.2) is 41.4 Å². The number of carbonyl (C=O) groups excluding carboxylic acids is 1. The van der Waals surface area contributed by atoms with Gasteiger partial charge in [-0.1, -0.05) is 11.6 Å². The molecule has 0 saturated heterocycles. The number of H-pyrrole nitrogens is 1. The third kappa shape index (κ3) is 2.25. The topological polar surface area (TPSA) is 83.0 Å². The molecule has 0 spiro atoms. The molecule has 7 heteroatoms. The van der Waals surface area contributed by atoms with Gasteiger partial charge in [-0.25, -0.2) is 5.43 Å². The van der Waals surface area contributed by atoms with Crippen molar-refractivity contribution in [2.24, 2.45) is 5.10 Å². The highest BCUT2D eigenvalue weighted by molar-refractivity contribution is 6.32. The van der Waals surface area contributed by atoms with E-state index in [1.165, 1.54) is 0 Å². The molecule has 3 heterocycles. The van der Waals surface area contributed by atoms with Crippen LogP contribution in [0.4, 0.5) is 0 Å². The standard InChI is InChI=1S/C12H8ClN5O/c13-10-2-1-7(16-10)5-8-11(17-18-12(8)19)9-6-14-3-4-15-9/h1-6,16H,(H,18,19)/b8-5+. The van der Waals surface area contributed by atoms with Crippen LogP contribution in [0.2, 0.25) is 5.15 Å². The Balaban J connectivity index is 2.01. The Kier molecular flexibility index (Phi) is 2.85. The van der Waals surface area contributed by atoms with Crippen LogP contribution in [0.3, 0.4) is 0 Å². The van der Waals surface area contributed by atoms with E-state index < -0.39 is 0 Å². The number of hydrogen-bond donors (Lipinski definition) is 2. The number of amides is 1. The molecule has 1 amide bonds. The van der Waals surface area contributed by atoms with Gasteiger partial charge >= 0.3 is 0 Å². The summed E-state index contributed by atoms with van der Waals surface area (Å²) >= 11 is 5.80. The van der Waals surface area contributed by atoms with Gasteiger partial charge in [-0.2, -0.15) is 5.10 Å². The van der Waals surface area contributed by atoms with Gasteiger partial charge in [0.15, 0.2) is 0 Å². The third-order valence-electron chi connectivity index (χ3n) is 2.55. The number of nitrogens with zero attached hydrogens (tertiary/aromatic N) is 3. The highest BCUT2D eigenvalue weighted by Crippen LogP contribution is 2.17. The first-order chi connectivity index (χ1) is 9.24. The molecule has 19 heavy (non-hydrogen) atoms. The summed E-state index contributed by atoms with van der Waals surface area (Å²) in [6.45, 7) is 0. The first kappa shape index (κ1) is 11.6. The van der Waals surface area contributed by atoms with Crippen LogP contribution in [-0.2, 0) is 4.79 Å². The van der Waals surface area contributed by atoms with Crippen molar-refractivity contribution in [3.8, 4) is 0 Å². The Morgan fingerprint density at radius 3 is 2.84 bits per heavy atom. The number of hydrogen-bond acceptors (Lipinski definition) is 4. The first-order valence-electron chi connectivity index (χ1n) is 5.45. The monoisotopic (exact) mass is 273 g/mol. The molecule has 3 rings (SSSR count). The maximum absolute atomic E-state index is 11.8. The van der Waals surface area contributed by atoms with Gasteiger partial charge in [0.05, 0.1) is 11.8 Å². The highest BCUT2D eigenvalue weighted by Gasteiger charge is 2.25. The van der Waals surface area contributed by atoms with Gasteiger partial charge in [0, 0.05) is 18.1 Å². The zero-order valence-corrected chi connectivity index (χ0v) is 10.3. The lowest BCUT2D eigenvalue weighted by molar-refractivity contribution is -0.116. The van der Waals surface area contributed by atoms with Crippen molar-refractivity contribution >= 4 is 29.3 Å². The molecule has 0 saturated carbocycles. The smallest absolute Gasteiger partial charge is 0.273 e. The number of halogens is 1. The van der Waals surface area contributed by atoms with E-state index in [1.54, 1.807) is 36.8 Å². The molecule has 0 unspecified atom stereocenters. The second-order valence-electron chi connectivity index (χ2n) is 3.81. The largest absolute Gasteiger partial charge is 0.346 e. The fourth-order valence-corrected chi connectivity index (χ4v) is 1.88. The summed E-state index contributed by atoms with van der Waals surface area (Å²) in [7, 11) is 0. The van der Waals surface area contributed by atoms with E-state index in [0.717, 1.165) is 0 Å². The average molecular weight is 274 g/mol. The van der Waals surface area contributed by atoms with E-state index in [0.29, 0.717) is 27.8 Å². The van der Waals surface area contributed by atoms with Gasteiger partial charge in [0.1, 0.15) is 16.6 Å². The second kappa shape index (κ2) is 4.66. The quantitative estimate of drug-likeness (QED) is 0.811. The third-order valence-corrected chi connectivity index (χ3v) is 2.77. The molecule has 0 aliphatic carbocycles. The Labute approximate surface area is 113 Å². The number of nitrogens with one attached hydrogen (secondary N) is 2. The van der Waals surface area contributed by atoms with Crippen LogP contribution in [0.5, 0.6) is 0 Å². The summed E-state index contributed by atoms with van der Waals surface area (Å²) in [6, 6.07) is 3.48. The van der Waals surface area contributed by atoms with Gasteiger partial charge in [-0.15, -0.1) is 0 Å². The number of carbonyl (C=O) groups is 1. The first-order valence-corrected chi connectivity index (χ1v) is 5.83. The predicted octanol–water partition coefficient (Wildman–Crippen LogP) is 1.38. The normalized spacial score (nSPS) is 16.6. The lowest BCUT2D eigenvalue weighted by atomic mass is 10.1. The van der Waals surface area contributed by atoms with Crippen LogP contribution < -0.4 is 5.43 Å². The summed E-state index contributed by atoms with van der Waals surface area (Å²) in [5.74, 6) is -0.286. The molecule has 94 valence electrons. The van der Waals surface area contributed by atoms with Crippen molar-refractivity contribution in [2.75, 3.05) is 0 Å². The minimum Gasteiger partial charge on any atom is -0.346 e. The molecule has 2 aromatic rings. The Bertz CT molecular complexity index is 689. The number of aromatic amines is 1. The molecule has 0 bridgehead atoms. The van der Waals surface area contributed by atoms with Crippen molar-refractivity contribution in [3.05, 3.63) is 52.8 Å². The second-order valence-corrected chi connectivity index (χ2v) is 4.22. The summed E-state index contributed by atoms with van der Waals surface area (Å²) in [5.41, 5.74) is 4.54. The average Bonchev–Trinajstić information content (AvgIpc) is 2.99. The molecule has 0 atom stereocenters. The predicted molar refractivity (Wildman–Crippen MR) is 70.5 cm³/mol. The zero-order chi connectivity index (χ0) is 13.2. The van der Waals surface area contributed by atoms with Crippen molar-refractivity contribution < 1.29 is 4.79 Å². The molecule has 0 fully saturated rings. The number of hydrazone groups is 1. The fourth-order valence-electron chi connectivity index (χ4n) is 1.71. The molecule has 0 radical (unpaired) electrons. The Hall–Kier alpha value is -2.47. The molecule has 1 aliphatic rings. The van der Waals surface area contributed by atoms with E-state index in [9.17, 15) is 4.79 Å². The molecule has 6 nitrogen and oxygen atoms in total. The lowest BCUT2D eigenvalue weighted by Crippen LogP contribution is -2.14. The minimum atomic E-state index is -0.286. The van der Waals surface area contributed by atoms with Gasteiger partial charge in [-0.3, -0.25) is 14.8 Å². The van der Waals surface area contributed by atoms with Gasteiger partial charge < -0.3 is 4.98 Å². The van der Waals surface area contributed by atoms with Crippen molar-refractivity contribution in [3.63, 3.8) is 0 Å². The summed E-state index contributed by atoms with van der Waals surface area (Å²) in [4.78, 5) is 22.8. The van der Waals surface area contributed by atoms with E-state index in [1.807, 2.05) is 0 Å². The molecular formula is C12H8ClN5O. The Morgan fingerprint density at radius 1 is 1.26 bits per heavy atom. The van der Waals surface area contributed by atoms with Crippen LogP contribution in [0.1, 0.15) is 11.4 Å². The number of aromatic nitrogens is 3. The van der Waals surface area contributed by atoms with Crippen LogP contribution in [0.25, 0.3) is 6.08 Å². The maximum atomic E-state index is 11.8. The maximum Gasteiger partial charge on any atom is 0.273 e. The number of rotatable bonds is 2. The van der Waals surface area contributed by atoms with Gasteiger partial charge in [-0.05, 0) is 18.2 Å². The van der Waals surface area contributed by atoms with Crippen molar-refractivity contribution in [1.29, 1.82) is 0 Å². The van der Waals surface area contributed by atoms with E-state index in [2.05, 4.69) is 25.5 Å². The van der Waals surface area contributed by atoms with E-state index in [4.69, 9.17) is 11.6 Å². The molecule has 2 aromatic heterocycles. The van der Waals surface area contributed by atoms with Crippen molar-refractivity contribution in [1.82, 2.24) is 20.4 Å². The molecular weight excluding hydrogens is 266 g/mol. The SMILES string of the molecule is O=C1NN=C(c2cnccn2)/C1=C\c1ccc(Cl)[nH]1. The van der Waals surface area contributed by atoms with Gasteiger partial charge in [0.25, 0.3) is 5.91 Å². The van der Waals surface area contributed by atoms with Gasteiger partial charge in [0.2, 0.25) is 0 Å². The van der Waals surface area contributed by atoms with Crippen LogP contribution in [0, 0.1) is 0 Å². The highest BCUT2D eigenvalue weighted by atomic mass is 35.5. The molecule has 0 aromatic carbocycles.